The SMILES string of the molecule is CCC(NC(C)c1ccc(C)cc1)c1ccccc1. The third kappa shape index (κ3) is 3.68. The Morgan fingerprint density at radius 1 is 0.895 bits per heavy atom. The second-order valence-electron chi connectivity index (χ2n) is 5.17. The summed E-state index contributed by atoms with van der Waals surface area (Å²) < 4.78 is 0. The molecule has 0 spiro atoms. The highest BCUT2D eigenvalue weighted by Crippen LogP contribution is 2.22. The van der Waals surface area contributed by atoms with E-state index in [1.165, 1.54) is 16.7 Å². The van der Waals surface area contributed by atoms with E-state index in [9.17, 15) is 0 Å². The van der Waals surface area contributed by atoms with E-state index in [4.69, 9.17) is 0 Å². The molecule has 2 rings (SSSR count). The lowest BCUT2D eigenvalue weighted by molar-refractivity contribution is 0.456. The Balaban J connectivity index is 2.08. The maximum Gasteiger partial charge on any atom is 0.0323 e. The van der Waals surface area contributed by atoms with Crippen molar-refractivity contribution in [1.29, 1.82) is 0 Å². The van der Waals surface area contributed by atoms with Crippen molar-refractivity contribution in [1.82, 2.24) is 5.32 Å². The van der Waals surface area contributed by atoms with Gasteiger partial charge in [0.2, 0.25) is 0 Å². The Hall–Kier alpha value is -1.60. The summed E-state index contributed by atoms with van der Waals surface area (Å²) in [6.45, 7) is 6.59. The molecule has 1 N–H and O–H groups in total. The van der Waals surface area contributed by atoms with Crippen molar-refractivity contribution in [2.45, 2.75) is 39.3 Å². The molecule has 0 aliphatic carbocycles. The maximum absolute atomic E-state index is 3.72. The van der Waals surface area contributed by atoms with Crippen LogP contribution in [0, 0.1) is 6.92 Å². The van der Waals surface area contributed by atoms with E-state index in [1.54, 1.807) is 0 Å². The predicted molar refractivity (Wildman–Crippen MR) is 82.2 cm³/mol. The topological polar surface area (TPSA) is 12.0 Å². The van der Waals surface area contributed by atoms with Crippen LogP contribution in [0.25, 0.3) is 0 Å². The molecule has 0 bridgehead atoms. The molecule has 0 aliphatic heterocycles. The molecule has 0 saturated heterocycles. The summed E-state index contributed by atoms with van der Waals surface area (Å²) in [6.07, 6.45) is 1.10. The average molecular weight is 253 g/mol. The largest absolute Gasteiger partial charge is 0.303 e. The van der Waals surface area contributed by atoms with E-state index < -0.39 is 0 Å². The van der Waals surface area contributed by atoms with E-state index in [-0.39, 0.29) is 0 Å². The first-order valence-corrected chi connectivity index (χ1v) is 7.08. The van der Waals surface area contributed by atoms with Crippen LogP contribution in [0.3, 0.4) is 0 Å². The van der Waals surface area contributed by atoms with Crippen LogP contribution in [-0.4, -0.2) is 0 Å². The van der Waals surface area contributed by atoms with Gasteiger partial charge in [-0.05, 0) is 31.4 Å². The summed E-state index contributed by atoms with van der Waals surface area (Å²) in [7, 11) is 0. The van der Waals surface area contributed by atoms with Gasteiger partial charge in [0.05, 0.1) is 0 Å². The zero-order valence-electron chi connectivity index (χ0n) is 12.1. The smallest absolute Gasteiger partial charge is 0.0323 e. The number of hydrogen-bond acceptors (Lipinski definition) is 1. The fraction of sp³-hybridized carbons (Fsp3) is 0.333. The van der Waals surface area contributed by atoms with Gasteiger partial charge in [-0.25, -0.2) is 0 Å². The highest BCUT2D eigenvalue weighted by molar-refractivity contribution is 5.25. The van der Waals surface area contributed by atoms with Crippen molar-refractivity contribution in [3.63, 3.8) is 0 Å². The van der Waals surface area contributed by atoms with Crippen molar-refractivity contribution in [2.24, 2.45) is 0 Å². The summed E-state index contributed by atoms with van der Waals surface area (Å²) in [5.41, 5.74) is 4.02. The maximum atomic E-state index is 3.72. The van der Waals surface area contributed by atoms with Gasteiger partial charge in [0, 0.05) is 12.1 Å². The lowest BCUT2D eigenvalue weighted by atomic mass is 10.0. The minimum atomic E-state index is 0.366. The van der Waals surface area contributed by atoms with Crippen LogP contribution in [0.15, 0.2) is 54.6 Å². The normalized spacial score (nSPS) is 14.1. The Morgan fingerprint density at radius 3 is 2.11 bits per heavy atom. The van der Waals surface area contributed by atoms with Crippen LogP contribution in [0.5, 0.6) is 0 Å². The van der Waals surface area contributed by atoms with Crippen LogP contribution in [0.4, 0.5) is 0 Å². The third-order valence-corrected chi connectivity index (χ3v) is 3.64. The zero-order valence-corrected chi connectivity index (χ0v) is 12.1. The quantitative estimate of drug-likeness (QED) is 0.807. The van der Waals surface area contributed by atoms with Crippen LogP contribution >= 0.6 is 0 Å². The fourth-order valence-electron chi connectivity index (χ4n) is 2.39. The van der Waals surface area contributed by atoms with E-state index in [1.807, 2.05) is 0 Å². The van der Waals surface area contributed by atoms with Gasteiger partial charge in [0.1, 0.15) is 0 Å². The number of rotatable bonds is 5. The van der Waals surface area contributed by atoms with Crippen molar-refractivity contribution in [2.75, 3.05) is 0 Å². The van der Waals surface area contributed by atoms with E-state index in [0.717, 1.165) is 6.42 Å². The second kappa shape index (κ2) is 6.53. The molecule has 0 fully saturated rings. The Kier molecular flexibility index (Phi) is 4.75. The van der Waals surface area contributed by atoms with Gasteiger partial charge in [-0.15, -0.1) is 0 Å². The molecular weight excluding hydrogens is 230 g/mol. The van der Waals surface area contributed by atoms with E-state index >= 15 is 0 Å². The zero-order chi connectivity index (χ0) is 13.7. The van der Waals surface area contributed by atoms with Crippen LogP contribution in [-0.2, 0) is 0 Å². The molecular formula is C18H23N. The summed E-state index contributed by atoms with van der Waals surface area (Å²) in [5, 5.41) is 3.72. The summed E-state index contributed by atoms with van der Waals surface area (Å²) in [5.74, 6) is 0. The molecule has 2 unspecified atom stereocenters. The van der Waals surface area contributed by atoms with Crippen molar-refractivity contribution < 1.29 is 0 Å². The van der Waals surface area contributed by atoms with Gasteiger partial charge in [-0.3, -0.25) is 0 Å². The van der Waals surface area contributed by atoms with Gasteiger partial charge >= 0.3 is 0 Å². The number of aryl methyl sites for hydroxylation is 1. The molecule has 2 aromatic carbocycles. The molecule has 0 aromatic heterocycles. The Bertz CT molecular complexity index is 487. The lowest BCUT2D eigenvalue weighted by Crippen LogP contribution is -2.24. The standard InChI is InChI=1S/C18H23N/c1-4-18(17-8-6-5-7-9-17)19-15(3)16-12-10-14(2)11-13-16/h5-13,15,18-19H,4H2,1-3H3. The molecule has 19 heavy (non-hydrogen) atoms. The molecule has 1 heteroatoms. The molecule has 1 nitrogen and oxygen atoms in total. The van der Waals surface area contributed by atoms with Gasteiger partial charge in [0.15, 0.2) is 0 Å². The molecule has 0 amide bonds. The lowest BCUT2D eigenvalue weighted by Gasteiger charge is -2.23. The van der Waals surface area contributed by atoms with Crippen LogP contribution in [0.2, 0.25) is 0 Å². The number of nitrogens with one attached hydrogen (secondary N) is 1. The second-order valence-corrected chi connectivity index (χ2v) is 5.17. The molecule has 100 valence electrons. The van der Waals surface area contributed by atoms with Crippen molar-refractivity contribution in [3.8, 4) is 0 Å². The molecule has 0 aliphatic rings. The van der Waals surface area contributed by atoms with Gasteiger partial charge < -0.3 is 5.32 Å². The molecule has 2 aromatic rings. The highest BCUT2D eigenvalue weighted by atomic mass is 14.9. The van der Waals surface area contributed by atoms with Crippen LogP contribution < -0.4 is 5.32 Å². The fourth-order valence-corrected chi connectivity index (χ4v) is 2.39. The number of benzene rings is 2. The van der Waals surface area contributed by atoms with Crippen LogP contribution in [0.1, 0.15) is 49.0 Å². The minimum absolute atomic E-state index is 0.366. The molecule has 0 heterocycles. The summed E-state index contributed by atoms with van der Waals surface area (Å²) in [6, 6.07) is 20.2. The molecule has 0 saturated carbocycles. The predicted octanol–water partition coefficient (Wildman–Crippen LogP) is 4.80. The Labute approximate surface area is 116 Å². The molecule has 0 radical (unpaired) electrons. The third-order valence-electron chi connectivity index (χ3n) is 3.64. The first kappa shape index (κ1) is 13.8. The van der Waals surface area contributed by atoms with Gasteiger partial charge in [-0.1, -0.05) is 67.1 Å². The Morgan fingerprint density at radius 2 is 1.53 bits per heavy atom. The van der Waals surface area contributed by atoms with E-state index in [0.29, 0.717) is 12.1 Å². The average Bonchev–Trinajstić information content (AvgIpc) is 2.46. The molecule has 2 atom stereocenters. The summed E-state index contributed by atoms with van der Waals surface area (Å²) >= 11 is 0. The van der Waals surface area contributed by atoms with Crippen molar-refractivity contribution >= 4 is 0 Å². The first-order valence-electron chi connectivity index (χ1n) is 7.08. The van der Waals surface area contributed by atoms with Gasteiger partial charge in [-0.2, -0.15) is 0 Å². The monoisotopic (exact) mass is 253 g/mol. The first-order chi connectivity index (χ1) is 9.20. The number of hydrogen-bond donors (Lipinski definition) is 1. The minimum Gasteiger partial charge on any atom is -0.303 e. The highest BCUT2D eigenvalue weighted by Gasteiger charge is 2.13. The summed E-state index contributed by atoms with van der Waals surface area (Å²) in [4.78, 5) is 0. The van der Waals surface area contributed by atoms with E-state index in [2.05, 4.69) is 80.7 Å². The van der Waals surface area contributed by atoms with Crippen molar-refractivity contribution in [3.05, 3.63) is 71.3 Å². The van der Waals surface area contributed by atoms with Gasteiger partial charge in [0.25, 0.3) is 0 Å².